The Morgan fingerprint density at radius 2 is 2.07 bits per heavy atom. The summed E-state index contributed by atoms with van der Waals surface area (Å²) in [6, 6.07) is 0. The van der Waals surface area contributed by atoms with Gasteiger partial charge in [0.25, 0.3) is 0 Å². The Kier molecular flexibility index (Phi) is 1.62. The molecule has 3 rings (SSSR count). The summed E-state index contributed by atoms with van der Waals surface area (Å²) < 4.78 is 1.93. The molecule has 0 fully saturated rings. The molecular formula is C10H10N4S. The highest BCUT2D eigenvalue weighted by atomic mass is 32.1. The smallest absolute Gasteiger partial charge is 0.172 e. The van der Waals surface area contributed by atoms with Crippen LogP contribution in [0.4, 0.5) is 0 Å². The van der Waals surface area contributed by atoms with Crippen molar-refractivity contribution in [2.45, 2.75) is 20.8 Å². The zero-order chi connectivity index (χ0) is 10.6. The fourth-order valence-electron chi connectivity index (χ4n) is 1.79. The Balaban J connectivity index is 2.67. The van der Waals surface area contributed by atoms with Crippen LogP contribution in [0.2, 0.25) is 0 Å². The van der Waals surface area contributed by atoms with E-state index in [0.29, 0.717) is 0 Å². The summed E-state index contributed by atoms with van der Waals surface area (Å²) in [5.41, 5.74) is 2.18. The second-order valence-corrected chi connectivity index (χ2v) is 4.85. The van der Waals surface area contributed by atoms with E-state index in [1.807, 2.05) is 11.3 Å². The molecule has 15 heavy (non-hydrogen) atoms. The molecular weight excluding hydrogens is 208 g/mol. The van der Waals surface area contributed by atoms with Gasteiger partial charge in [0.05, 0.1) is 5.39 Å². The van der Waals surface area contributed by atoms with Gasteiger partial charge in [-0.15, -0.1) is 21.5 Å². The zero-order valence-electron chi connectivity index (χ0n) is 8.77. The van der Waals surface area contributed by atoms with E-state index in [1.54, 1.807) is 17.7 Å². The number of thiophene rings is 1. The van der Waals surface area contributed by atoms with Gasteiger partial charge >= 0.3 is 0 Å². The van der Waals surface area contributed by atoms with Crippen LogP contribution in [0.5, 0.6) is 0 Å². The Morgan fingerprint density at radius 3 is 2.87 bits per heavy atom. The van der Waals surface area contributed by atoms with Crippen molar-refractivity contribution in [1.29, 1.82) is 0 Å². The summed E-state index contributed by atoms with van der Waals surface area (Å²) in [7, 11) is 0. The van der Waals surface area contributed by atoms with Crippen LogP contribution in [0.1, 0.15) is 16.3 Å². The number of fused-ring (bicyclic) bond motifs is 3. The third-order valence-electron chi connectivity index (χ3n) is 2.75. The Bertz CT molecular complexity index is 665. The molecule has 0 atom stereocenters. The van der Waals surface area contributed by atoms with Crippen molar-refractivity contribution >= 4 is 27.2 Å². The predicted molar refractivity (Wildman–Crippen MR) is 60.4 cm³/mol. The monoisotopic (exact) mass is 218 g/mol. The van der Waals surface area contributed by atoms with Crippen LogP contribution in [0.15, 0.2) is 6.33 Å². The predicted octanol–water partition coefficient (Wildman–Crippen LogP) is 2.26. The molecule has 3 heterocycles. The molecule has 0 aliphatic rings. The van der Waals surface area contributed by atoms with Gasteiger partial charge in [-0.05, 0) is 26.3 Å². The standard InChI is InChI=1S/C10H10N4S/c1-5-6(2)15-10-8(5)9-13-11-4-14(9)7(3)12-10/h4H,1-3H3. The third-order valence-corrected chi connectivity index (χ3v) is 3.85. The quantitative estimate of drug-likeness (QED) is 0.581. The van der Waals surface area contributed by atoms with Gasteiger partial charge in [-0.1, -0.05) is 0 Å². The van der Waals surface area contributed by atoms with E-state index in [1.165, 1.54) is 10.4 Å². The molecule has 0 N–H and O–H groups in total. The maximum atomic E-state index is 4.56. The zero-order valence-corrected chi connectivity index (χ0v) is 9.59. The van der Waals surface area contributed by atoms with Gasteiger partial charge in [-0.25, -0.2) is 4.98 Å². The Hall–Kier alpha value is -1.49. The van der Waals surface area contributed by atoms with Gasteiger partial charge in [0.2, 0.25) is 0 Å². The van der Waals surface area contributed by atoms with Crippen LogP contribution in [0, 0.1) is 20.8 Å². The molecule has 0 unspecified atom stereocenters. The molecule has 5 heteroatoms. The molecule has 76 valence electrons. The van der Waals surface area contributed by atoms with Gasteiger partial charge in [0.15, 0.2) is 5.65 Å². The lowest BCUT2D eigenvalue weighted by molar-refractivity contribution is 1.01. The average Bonchev–Trinajstić information content (AvgIpc) is 2.74. The number of aryl methyl sites for hydroxylation is 3. The fourth-order valence-corrected chi connectivity index (χ4v) is 2.86. The number of aromatic nitrogens is 4. The first kappa shape index (κ1) is 8.79. The van der Waals surface area contributed by atoms with Crippen molar-refractivity contribution < 1.29 is 0 Å². The van der Waals surface area contributed by atoms with E-state index in [9.17, 15) is 0 Å². The van der Waals surface area contributed by atoms with Crippen molar-refractivity contribution in [3.8, 4) is 0 Å². The van der Waals surface area contributed by atoms with Crippen molar-refractivity contribution in [2.75, 3.05) is 0 Å². The van der Waals surface area contributed by atoms with Gasteiger partial charge in [0, 0.05) is 4.88 Å². The van der Waals surface area contributed by atoms with Crippen LogP contribution in [-0.4, -0.2) is 19.6 Å². The molecule has 4 nitrogen and oxygen atoms in total. The van der Waals surface area contributed by atoms with E-state index < -0.39 is 0 Å². The Labute approximate surface area is 90.6 Å². The lowest BCUT2D eigenvalue weighted by Gasteiger charge is -1.99. The van der Waals surface area contributed by atoms with Gasteiger partial charge in [-0.2, -0.15) is 0 Å². The van der Waals surface area contributed by atoms with E-state index in [-0.39, 0.29) is 0 Å². The lowest BCUT2D eigenvalue weighted by Crippen LogP contribution is -1.94. The number of hydrogen-bond donors (Lipinski definition) is 0. The molecule has 3 aromatic rings. The van der Waals surface area contributed by atoms with Crippen LogP contribution in [0.3, 0.4) is 0 Å². The average molecular weight is 218 g/mol. The van der Waals surface area contributed by atoms with Crippen molar-refractivity contribution in [3.05, 3.63) is 22.6 Å². The molecule has 0 aromatic carbocycles. The van der Waals surface area contributed by atoms with Gasteiger partial charge < -0.3 is 0 Å². The van der Waals surface area contributed by atoms with Crippen molar-refractivity contribution in [1.82, 2.24) is 19.6 Å². The summed E-state index contributed by atoms with van der Waals surface area (Å²) in [6.45, 7) is 6.20. The van der Waals surface area contributed by atoms with E-state index in [0.717, 1.165) is 21.7 Å². The molecule has 0 radical (unpaired) electrons. The second-order valence-electron chi connectivity index (χ2n) is 3.65. The maximum absolute atomic E-state index is 4.56. The van der Waals surface area contributed by atoms with Gasteiger partial charge in [0.1, 0.15) is 17.0 Å². The SMILES string of the molecule is Cc1sc2nc(C)n3cnnc3c2c1C. The highest BCUT2D eigenvalue weighted by Gasteiger charge is 2.13. The number of rotatable bonds is 0. The van der Waals surface area contributed by atoms with Gasteiger partial charge in [-0.3, -0.25) is 4.40 Å². The molecule has 0 amide bonds. The van der Waals surface area contributed by atoms with Crippen LogP contribution >= 0.6 is 11.3 Å². The molecule has 0 spiro atoms. The number of hydrogen-bond acceptors (Lipinski definition) is 4. The highest BCUT2D eigenvalue weighted by Crippen LogP contribution is 2.31. The molecule has 0 saturated heterocycles. The van der Waals surface area contributed by atoms with E-state index >= 15 is 0 Å². The first-order chi connectivity index (χ1) is 7.18. The second kappa shape index (κ2) is 2.76. The first-order valence-corrected chi connectivity index (χ1v) is 5.56. The van der Waals surface area contributed by atoms with Crippen LogP contribution < -0.4 is 0 Å². The minimum Gasteiger partial charge on any atom is -0.269 e. The third kappa shape index (κ3) is 1.04. The fraction of sp³-hybridized carbons (Fsp3) is 0.300. The maximum Gasteiger partial charge on any atom is 0.172 e. The van der Waals surface area contributed by atoms with E-state index in [4.69, 9.17) is 0 Å². The molecule has 3 aromatic heterocycles. The summed E-state index contributed by atoms with van der Waals surface area (Å²) in [5.74, 6) is 0.934. The lowest BCUT2D eigenvalue weighted by atomic mass is 10.2. The Morgan fingerprint density at radius 1 is 1.27 bits per heavy atom. The van der Waals surface area contributed by atoms with Crippen LogP contribution in [0.25, 0.3) is 15.9 Å². The summed E-state index contributed by atoms with van der Waals surface area (Å²) in [4.78, 5) is 6.92. The minimum atomic E-state index is 0.916. The molecule has 0 saturated carbocycles. The molecule has 0 aliphatic carbocycles. The largest absolute Gasteiger partial charge is 0.269 e. The number of nitrogens with zero attached hydrogens (tertiary/aromatic N) is 4. The summed E-state index contributed by atoms with van der Waals surface area (Å²) >= 11 is 1.72. The molecule has 0 aliphatic heterocycles. The normalized spacial score (nSPS) is 11.7. The minimum absolute atomic E-state index is 0.916. The first-order valence-electron chi connectivity index (χ1n) is 4.74. The van der Waals surface area contributed by atoms with Crippen molar-refractivity contribution in [3.63, 3.8) is 0 Å². The highest BCUT2D eigenvalue weighted by molar-refractivity contribution is 7.18. The van der Waals surface area contributed by atoms with Crippen molar-refractivity contribution in [2.24, 2.45) is 0 Å². The molecule has 0 bridgehead atoms. The van der Waals surface area contributed by atoms with Crippen LogP contribution in [-0.2, 0) is 0 Å². The summed E-state index contributed by atoms with van der Waals surface area (Å²) in [5, 5.41) is 9.24. The topological polar surface area (TPSA) is 43.1 Å². The van der Waals surface area contributed by atoms with E-state index in [2.05, 4.69) is 29.0 Å². The summed E-state index contributed by atoms with van der Waals surface area (Å²) in [6.07, 6.45) is 1.71.